The Hall–Kier alpha value is -1.06. The van der Waals surface area contributed by atoms with Gasteiger partial charge in [0.25, 0.3) is 0 Å². The molecule has 106 valence electrons. The Labute approximate surface area is 116 Å². The van der Waals surface area contributed by atoms with E-state index in [1.165, 1.54) is 32.1 Å². The van der Waals surface area contributed by atoms with E-state index in [2.05, 4.69) is 11.8 Å². The Morgan fingerprint density at radius 3 is 2.89 bits per heavy atom. The predicted molar refractivity (Wildman–Crippen MR) is 79.9 cm³/mol. The van der Waals surface area contributed by atoms with Crippen LogP contribution in [0.3, 0.4) is 0 Å². The van der Waals surface area contributed by atoms with Crippen LogP contribution in [0, 0.1) is 0 Å². The molecule has 2 rings (SSSR count). The summed E-state index contributed by atoms with van der Waals surface area (Å²) in [4.78, 5) is 2.45. The number of benzene rings is 1. The van der Waals surface area contributed by atoms with Crippen molar-refractivity contribution in [3.63, 3.8) is 0 Å². The maximum absolute atomic E-state index is 10.4. The lowest BCUT2D eigenvalue weighted by Crippen LogP contribution is -2.41. The zero-order chi connectivity index (χ0) is 13.7. The summed E-state index contributed by atoms with van der Waals surface area (Å²) in [5, 5.41) is 10.4. The molecule has 1 aromatic rings. The maximum Gasteiger partial charge on any atom is 0.0936 e. The molecule has 0 saturated carbocycles. The molecule has 0 aliphatic carbocycles. The van der Waals surface area contributed by atoms with Gasteiger partial charge in [-0.05, 0) is 31.9 Å². The molecule has 0 amide bonds. The first kappa shape index (κ1) is 14.4. The number of hydrogen-bond donors (Lipinski definition) is 2. The van der Waals surface area contributed by atoms with Crippen LogP contribution in [0.15, 0.2) is 24.3 Å². The van der Waals surface area contributed by atoms with Gasteiger partial charge < -0.3 is 10.8 Å². The highest BCUT2D eigenvalue weighted by Gasteiger charge is 2.24. The summed E-state index contributed by atoms with van der Waals surface area (Å²) in [6, 6.07) is 8.27. The summed E-state index contributed by atoms with van der Waals surface area (Å²) in [5.41, 5.74) is 7.50. The normalized spacial score (nSPS) is 22.3. The first-order valence-corrected chi connectivity index (χ1v) is 7.49. The monoisotopic (exact) mass is 262 g/mol. The lowest BCUT2D eigenvalue weighted by molar-refractivity contribution is 0.0639. The molecule has 1 fully saturated rings. The van der Waals surface area contributed by atoms with Crippen LogP contribution in [0.2, 0.25) is 0 Å². The summed E-state index contributed by atoms with van der Waals surface area (Å²) < 4.78 is 0. The number of anilines is 1. The highest BCUT2D eigenvalue weighted by Crippen LogP contribution is 2.26. The molecular weight excluding hydrogens is 236 g/mol. The Morgan fingerprint density at radius 1 is 1.37 bits per heavy atom. The molecule has 1 aromatic carbocycles. The van der Waals surface area contributed by atoms with Gasteiger partial charge in [-0.25, -0.2) is 0 Å². The SMILES string of the molecule is CCCC1CCCCN1CC(O)c1ccccc1N. The van der Waals surface area contributed by atoms with Crippen molar-refractivity contribution < 1.29 is 5.11 Å². The van der Waals surface area contributed by atoms with Crippen molar-refractivity contribution in [1.82, 2.24) is 4.90 Å². The molecule has 3 nitrogen and oxygen atoms in total. The number of hydrogen-bond acceptors (Lipinski definition) is 3. The number of aliphatic hydroxyl groups is 1. The predicted octanol–water partition coefficient (Wildman–Crippen LogP) is 2.96. The van der Waals surface area contributed by atoms with Gasteiger partial charge in [-0.15, -0.1) is 0 Å². The molecule has 1 aliphatic rings. The maximum atomic E-state index is 10.4. The van der Waals surface area contributed by atoms with E-state index in [1.54, 1.807) is 0 Å². The number of para-hydroxylation sites is 1. The highest BCUT2D eigenvalue weighted by molar-refractivity contribution is 5.47. The number of aliphatic hydroxyl groups excluding tert-OH is 1. The number of nitrogen functional groups attached to an aromatic ring is 1. The summed E-state index contributed by atoms with van der Waals surface area (Å²) in [5.74, 6) is 0. The van der Waals surface area contributed by atoms with Crippen molar-refractivity contribution in [3.8, 4) is 0 Å². The zero-order valence-electron chi connectivity index (χ0n) is 11.9. The van der Waals surface area contributed by atoms with Crippen LogP contribution in [-0.4, -0.2) is 29.1 Å². The van der Waals surface area contributed by atoms with Crippen molar-refractivity contribution >= 4 is 5.69 Å². The van der Waals surface area contributed by atoms with Crippen LogP contribution in [-0.2, 0) is 0 Å². The van der Waals surface area contributed by atoms with Gasteiger partial charge in [-0.1, -0.05) is 38.0 Å². The molecule has 0 bridgehead atoms. The van der Waals surface area contributed by atoms with E-state index in [4.69, 9.17) is 5.73 Å². The van der Waals surface area contributed by atoms with Gasteiger partial charge in [0.2, 0.25) is 0 Å². The van der Waals surface area contributed by atoms with Gasteiger partial charge in [0.1, 0.15) is 0 Å². The molecule has 3 N–H and O–H groups in total. The lowest BCUT2D eigenvalue weighted by atomic mass is 9.97. The van der Waals surface area contributed by atoms with Crippen molar-refractivity contribution in [3.05, 3.63) is 29.8 Å². The fraction of sp³-hybridized carbons (Fsp3) is 0.625. The largest absolute Gasteiger partial charge is 0.398 e. The van der Waals surface area contributed by atoms with Crippen molar-refractivity contribution in [1.29, 1.82) is 0 Å². The van der Waals surface area contributed by atoms with E-state index in [9.17, 15) is 5.11 Å². The second-order valence-corrected chi connectivity index (χ2v) is 5.58. The van der Waals surface area contributed by atoms with E-state index in [0.29, 0.717) is 18.3 Å². The average Bonchev–Trinajstić information content (AvgIpc) is 2.41. The van der Waals surface area contributed by atoms with Gasteiger partial charge in [-0.3, -0.25) is 4.90 Å². The second kappa shape index (κ2) is 6.92. The van der Waals surface area contributed by atoms with E-state index in [1.807, 2.05) is 24.3 Å². The van der Waals surface area contributed by atoms with E-state index in [0.717, 1.165) is 12.1 Å². The van der Waals surface area contributed by atoms with Gasteiger partial charge in [-0.2, -0.15) is 0 Å². The molecule has 3 heteroatoms. The molecule has 2 atom stereocenters. The van der Waals surface area contributed by atoms with Crippen molar-refractivity contribution in [2.75, 3.05) is 18.8 Å². The van der Waals surface area contributed by atoms with E-state index in [-0.39, 0.29) is 0 Å². The fourth-order valence-electron chi connectivity index (χ4n) is 3.10. The molecule has 0 spiro atoms. The van der Waals surface area contributed by atoms with Gasteiger partial charge >= 0.3 is 0 Å². The summed E-state index contributed by atoms with van der Waals surface area (Å²) in [6.07, 6.45) is 5.81. The number of nitrogens with two attached hydrogens (primary N) is 1. The van der Waals surface area contributed by atoms with Crippen LogP contribution in [0.5, 0.6) is 0 Å². The third kappa shape index (κ3) is 3.71. The second-order valence-electron chi connectivity index (χ2n) is 5.58. The van der Waals surface area contributed by atoms with Gasteiger partial charge in [0, 0.05) is 23.8 Å². The van der Waals surface area contributed by atoms with Crippen LogP contribution < -0.4 is 5.73 Å². The molecule has 0 aromatic heterocycles. The first-order chi connectivity index (χ1) is 9.22. The number of β-amino-alcohol motifs (C(OH)–C–C–N with tert-alkyl or cyclic N) is 1. The number of nitrogens with zero attached hydrogens (tertiary/aromatic N) is 1. The van der Waals surface area contributed by atoms with Crippen LogP contribution in [0.25, 0.3) is 0 Å². The van der Waals surface area contributed by atoms with Crippen molar-refractivity contribution in [2.45, 2.75) is 51.2 Å². The van der Waals surface area contributed by atoms with Gasteiger partial charge in [0.15, 0.2) is 0 Å². The zero-order valence-corrected chi connectivity index (χ0v) is 11.9. The average molecular weight is 262 g/mol. The Morgan fingerprint density at radius 2 is 2.16 bits per heavy atom. The third-order valence-electron chi connectivity index (χ3n) is 4.13. The van der Waals surface area contributed by atoms with Crippen LogP contribution in [0.4, 0.5) is 5.69 Å². The van der Waals surface area contributed by atoms with Crippen LogP contribution in [0.1, 0.15) is 50.7 Å². The Kier molecular flexibility index (Phi) is 5.23. The summed E-state index contributed by atoms with van der Waals surface area (Å²) in [7, 11) is 0. The van der Waals surface area contributed by atoms with E-state index < -0.39 is 6.10 Å². The number of rotatable bonds is 5. The molecular formula is C16H26N2O. The first-order valence-electron chi connectivity index (χ1n) is 7.49. The molecule has 19 heavy (non-hydrogen) atoms. The lowest BCUT2D eigenvalue weighted by Gasteiger charge is -2.37. The van der Waals surface area contributed by atoms with Crippen molar-refractivity contribution in [2.24, 2.45) is 0 Å². The van der Waals surface area contributed by atoms with E-state index >= 15 is 0 Å². The number of piperidine rings is 1. The Bertz CT molecular complexity index is 392. The smallest absolute Gasteiger partial charge is 0.0936 e. The summed E-state index contributed by atoms with van der Waals surface area (Å²) in [6.45, 7) is 4.05. The molecule has 1 saturated heterocycles. The summed E-state index contributed by atoms with van der Waals surface area (Å²) >= 11 is 0. The van der Waals surface area contributed by atoms with Crippen LogP contribution >= 0.6 is 0 Å². The number of likely N-dealkylation sites (tertiary alicyclic amines) is 1. The topological polar surface area (TPSA) is 49.5 Å². The Balaban J connectivity index is 2.00. The minimum atomic E-state index is -0.473. The highest BCUT2D eigenvalue weighted by atomic mass is 16.3. The molecule has 2 unspecified atom stereocenters. The minimum Gasteiger partial charge on any atom is -0.398 e. The quantitative estimate of drug-likeness (QED) is 0.802. The molecule has 1 aliphatic heterocycles. The molecule has 0 radical (unpaired) electrons. The molecule has 1 heterocycles. The third-order valence-corrected chi connectivity index (χ3v) is 4.13. The fourth-order valence-corrected chi connectivity index (χ4v) is 3.10. The standard InChI is InChI=1S/C16H26N2O/c1-2-7-13-8-5-6-11-18(13)12-16(19)14-9-3-4-10-15(14)17/h3-4,9-10,13,16,19H,2,5-8,11-12,17H2,1H3. The minimum absolute atomic E-state index is 0.473. The van der Waals surface area contributed by atoms with Gasteiger partial charge in [0.05, 0.1) is 6.10 Å².